The molecule has 1 aromatic heterocycles. The number of aromatic nitrogens is 2. The molecule has 0 fully saturated rings. The minimum atomic E-state index is 0.0478. The Kier molecular flexibility index (Phi) is 5.69. The maximum absolute atomic E-state index is 11.5. The second-order valence-corrected chi connectivity index (χ2v) is 4.55. The number of nitrogens with zero attached hydrogens (tertiary/aromatic N) is 2. The summed E-state index contributed by atoms with van der Waals surface area (Å²) in [6, 6.07) is 2.10. The normalized spacial score (nSPS) is 12.7. The van der Waals surface area contributed by atoms with Crippen molar-refractivity contribution >= 4 is 5.91 Å². The summed E-state index contributed by atoms with van der Waals surface area (Å²) in [5.41, 5.74) is 0. The van der Waals surface area contributed by atoms with Crippen LogP contribution in [0.3, 0.4) is 0 Å². The summed E-state index contributed by atoms with van der Waals surface area (Å²) in [5, 5.41) is 10.1. The third-order valence-corrected chi connectivity index (χ3v) is 2.75. The van der Waals surface area contributed by atoms with Gasteiger partial charge in [-0.2, -0.15) is 5.10 Å². The van der Waals surface area contributed by atoms with Crippen molar-refractivity contribution in [2.24, 2.45) is 5.92 Å². The molecular weight excluding hydrogens is 216 g/mol. The molecule has 1 amide bonds. The summed E-state index contributed by atoms with van der Waals surface area (Å²) in [6.07, 6.45) is 3.65. The highest BCUT2D eigenvalue weighted by Gasteiger charge is 2.09. The van der Waals surface area contributed by atoms with Gasteiger partial charge >= 0.3 is 0 Å². The molecule has 1 atom stereocenters. The number of rotatable bonds is 7. The smallest absolute Gasteiger partial charge is 0.234 e. The number of hydrogen-bond acceptors (Lipinski definition) is 3. The van der Waals surface area contributed by atoms with E-state index < -0.39 is 0 Å². The highest BCUT2D eigenvalue weighted by molar-refractivity contribution is 5.78. The molecule has 0 radical (unpaired) electrons. The molecule has 1 aromatic rings. The Bertz CT molecular complexity index is 321. The van der Waals surface area contributed by atoms with Crippen molar-refractivity contribution < 1.29 is 4.79 Å². The third-order valence-electron chi connectivity index (χ3n) is 2.75. The van der Waals surface area contributed by atoms with Crippen LogP contribution in [-0.4, -0.2) is 34.8 Å². The molecule has 0 aliphatic carbocycles. The second-order valence-electron chi connectivity index (χ2n) is 4.55. The van der Waals surface area contributed by atoms with Crippen LogP contribution in [0.15, 0.2) is 18.5 Å². The van der Waals surface area contributed by atoms with E-state index in [0.717, 1.165) is 13.1 Å². The summed E-state index contributed by atoms with van der Waals surface area (Å²) in [4.78, 5) is 11.5. The Morgan fingerprint density at radius 2 is 2.18 bits per heavy atom. The molecule has 2 N–H and O–H groups in total. The molecule has 1 rings (SSSR count). The standard InChI is InChI=1S/C12H22N4O/c1-10(2)11(3)15-12(17)9-13-6-8-16-7-4-5-14-16/h4-5,7,10-11,13H,6,8-9H2,1-3H3,(H,15,17)/t11-/m0/s1. The first-order chi connectivity index (χ1) is 8.09. The van der Waals surface area contributed by atoms with Crippen molar-refractivity contribution in [2.75, 3.05) is 13.1 Å². The molecule has 0 saturated carbocycles. The van der Waals surface area contributed by atoms with E-state index in [1.54, 1.807) is 6.20 Å². The Morgan fingerprint density at radius 1 is 1.41 bits per heavy atom. The van der Waals surface area contributed by atoms with Crippen molar-refractivity contribution in [1.82, 2.24) is 20.4 Å². The van der Waals surface area contributed by atoms with E-state index in [1.165, 1.54) is 0 Å². The van der Waals surface area contributed by atoms with E-state index in [9.17, 15) is 4.79 Å². The molecule has 0 spiro atoms. The summed E-state index contributed by atoms with van der Waals surface area (Å²) in [5.74, 6) is 0.509. The lowest BCUT2D eigenvalue weighted by Gasteiger charge is -2.17. The minimum absolute atomic E-state index is 0.0478. The average molecular weight is 238 g/mol. The number of hydrogen-bond donors (Lipinski definition) is 2. The molecule has 5 heteroatoms. The molecule has 0 unspecified atom stereocenters. The number of amides is 1. The molecule has 0 saturated heterocycles. The quantitative estimate of drug-likeness (QED) is 0.685. The Labute approximate surface area is 103 Å². The van der Waals surface area contributed by atoms with E-state index in [4.69, 9.17) is 0 Å². The highest BCUT2D eigenvalue weighted by atomic mass is 16.1. The van der Waals surface area contributed by atoms with Crippen LogP contribution in [0.2, 0.25) is 0 Å². The van der Waals surface area contributed by atoms with Crippen LogP contribution < -0.4 is 10.6 Å². The lowest BCUT2D eigenvalue weighted by molar-refractivity contribution is -0.121. The van der Waals surface area contributed by atoms with Crippen molar-refractivity contribution in [3.05, 3.63) is 18.5 Å². The molecule has 0 aromatic carbocycles. The Balaban J connectivity index is 2.08. The number of carbonyl (C=O) groups excluding carboxylic acids is 1. The second kappa shape index (κ2) is 7.06. The zero-order chi connectivity index (χ0) is 12.7. The SMILES string of the molecule is CC(C)[C@H](C)NC(=O)CNCCn1cccn1. The first-order valence-corrected chi connectivity index (χ1v) is 6.07. The number of nitrogens with one attached hydrogen (secondary N) is 2. The fraction of sp³-hybridized carbons (Fsp3) is 0.667. The zero-order valence-electron chi connectivity index (χ0n) is 10.8. The van der Waals surface area contributed by atoms with Crippen molar-refractivity contribution in [3.63, 3.8) is 0 Å². The summed E-state index contributed by atoms with van der Waals surface area (Å²) in [7, 11) is 0. The fourth-order valence-electron chi connectivity index (χ4n) is 1.30. The van der Waals surface area contributed by atoms with Gasteiger partial charge in [0.25, 0.3) is 0 Å². The van der Waals surface area contributed by atoms with Gasteiger partial charge in [-0.1, -0.05) is 13.8 Å². The Hall–Kier alpha value is -1.36. The summed E-state index contributed by atoms with van der Waals surface area (Å²) < 4.78 is 1.83. The lowest BCUT2D eigenvalue weighted by atomic mass is 10.1. The van der Waals surface area contributed by atoms with Gasteiger partial charge in [0.05, 0.1) is 13.1 Å². The first-order valence-electron chi connectivity index (χ1n) is 6.07. The summed E-state index contributed by atoms with van der Waals surface area (Å²) in [6.45, 7) is 8.09. The summed E-state index contributed by atoms with van der Waals surface area (Å²) >= 11 is 0. The zero-order valence-corrected chi connectivity index (χ0v) is 10.8. The van der Waals surface area contributed by atoms with Gasteiger partial charge in [0.1, 0.15) is 0 Å². The van der Waals surface area contributed by atoms with E-state index in [-0.39, 0.29) is 11.9 Å². The predicted molar refractivity (Wildman–Crippen MR) is 67.5 cm³/mol. The molecule has 5 nitrogen and oxygen atoms in total. The molecule has 0 bridgehead atoms. The molecule has 0 aliphatic heterocycles. The van der Waals surface area contributed by atoms with Crippen LogP contribution in [0, 0.1) is 5.92 Å². The van der Waals surface area contributed by atoms with Crippen molar-refractivity contribution in [2.45, 2.75) is 33.4 Å². The topological polar surface area (TPSA) is 59.0 Å². The lowest BCUT2D eigenvalue weighted by Crippen LogP contribution is -2.41. The van der Waals surface area contributed by atoms with Crippen LogP contribution in [0.25, 0.3) is 0 Å². The van der Waals surface area contributed by atoms with Crippen LogP contribution in [0.4, 0.5) is 0 Å². The molecule has 17 heavy (non-hydrogen) atoms. The maximum Gasteiger partial charge on any atom is 0.234 e. The van der Waals surface area contributed by atoms with Crippen molar-refractivity contribution in [3.8, 4) is 0 Å². The number of carbonyl (C=O) groups is 1. The molecule has 1 heterocycles. The fourth-order valence-corrected chi connectivity index (χ4v) is 1.30. The van der Waals surface area contributed by atoms with Gasteiger partial charge in [-0.05, 0) is 18.9 Å². The van der Waals surface area contributed by atoms with Gasteiger partial charge in [0.2, 0.25) is 5.91 Å². The van der Waals surface area contributed by atoms with Crippen LogP contribution in [0.5, 0.6) is 0 Å². The van der Waals surface area contributed by atoms with Gasteiger partial charge < -0.3 is 10.6 Å². The Morgan fingerprint density at radius 3 is 2.76 bits per heavy atom. The van der Waals surface area contributed by atoms with E-state index in [0.29, 0.717) is 12.5 Å². The monoisotopic (exact) mass is 238 g/mol. The maximum atomic E-state index is 11.5. The molecule has 96 valence electrons. The minimum Gasteiger partial charge on any atom is -0.352 e. The third kappa shape index (κ3) is 5.49. The first kappa shape index (κ1) is 13.7. The van der Waals surface area contributed by atoms with Gasteiger partial charge in [-0.3, -0.25) is 9.48 Å². The van der Waals surface area contributed by atoms with E-state index >= 15 is 0 Å². The molecule has 0 aliphatic rings. The highest BCUT2D eigenvalue weighted by Crippen LogP contribution is 1.98. The predicted octanol–water partition coefficient (Wildman–Crippen LogP) is 0.633. The van der Waals surface area contributed by atoms with Gasteiger partial charge in [0, 0.05) is 25.0 Å². The van der Waals surface area contributed by atoms with E-state index in [1.807, 2.05) is 23.9 Å². The van der Waals surface area contributed by atoms with Crippen molar-refractivity contribution in [1.29, 1.82) is 0 Å². The van der Waals surface area contributed by atoms with Crippen LogP contribution in [-0.2, 0) is 11.3 Å². The van der Waals surface area contributed by atoms with Gasteiger partial charge in [0.15, 0.2) is 0 Å². The van der Waals surface area contributed by atoms with Crippen LogP contribution >= 0.6 is 0 Å². The molecular formula is C12H22N4O. The van der Waals surface area contributed by atoms with Gasteiger partial charge in [-0.25, -0.2) is 0 Å². The van der Waals surface area contributed by atoms with Crippen LogP contribution in [0.1, 0.15) is 20.8 Å². The average Bonchev–Trinajstić information content (AvgIpc) is 2.77. The van der Waals surface area contributed by atoms with E-state index in [2.05, 4.69) is 29.6 Å². The largest absolute Gasteiger partial charge is 0.352 e. The van der Waals surface area contributed by atoms with Gasteiger partial charge in [-0.15, -0.1) is 0 Å².